The first-order chi connectivity index (χ1) is 9.22. The first kappa shape index (κ1) is 13.0. The van der Waals surface area contributed by atoms with Gasteiger partial charge in [0.25, 0.3) is 0 Å². The number of hydrogen-bond donors (Lipinski definition) is 2. The smallest absolute Gasteiger partial charge is 0.325 e. The number of azide groups is 1. The van der Waals surface area contributed by atoms with Crippen LogP contribution >= 0.6 is 0 Å². The molecule has 0 aliphatic carbocycles. The number of nitrogens with one attached hydrogen (secondary N) is 1. The van der Waals surface area contributed by atoms with Gasteiger partial charge in [-0.2, -0.15) is 0 Å². The lowest BCUT2D eigenvalue weighted by molar-refractivity contribution is -0.139. The maximum atomic E-state index is 11.2. The molecule has 1 aromatic rings. The largest absolute Gasteiger partial charge is 0.480 e. The van der Waals surface area contributed by atoms with E-state index in [2.05, 4.69) is 15.3 Å². The van der Waals surface area contributed by atoms with E-state index in [1.165, 1.54) is 0 Å². The third kappa shape index (κ3) is 3.06. The van der Waals surface area contributed by atoms with Crippen molar-refractivity contribution in [3.05, 3.63) is 34.2 Å². The molecule has 100 valence electrons. The molecule has 0 bridgehead atoms. The summed E-state index contributed by atoms with van der Waals surface area (Å²) in [5.74, 6) is 0.113. The number of carboxylic acid groups (broad SMARTS) is 1. The van der Waals surface area contributed by atoms with Crippen LogP contribution in [0.1, 0.15) is 11.6 Å². The fraction of sp³-hybridized carbons (Fsp3) is 0.364. The van der Waals surface area contributed by atoms with E-state index >= 15 is 0 Å². The van der Waals surface area contributed by atoms with Gasteiger partial charge in [0.05, 0.1) is 0 Å². The fourth-order valence-corrected chi connectivity index (χ4v) is 1.74. The van der Waals surface area contributed by atoms with Crippen LogP contribution in [0.4, 0.5) is 0 Å². The normalized spacial score (nSPS) is 13.7. The van der Waals surface area contributed by atoms with E-state index in [4.69, 9.17) is 15.0 Å². The molecule has 1 aromatic carbocycles. The number of nitrogens with zero attached hydrogens (tertiary/aromatic N) is 3. The molecule has 0 saturated carbocycles. The van der Waals surface area contributed by atoms with Crippen LogP contribution in [0.25, 0.3) is 10.4 Å². The minimum atomic E-state index is -1.01. The van der Waals surface area contributed by atoms with Gasteiger partial charge in [-0.3, -0.25) is 4.79 Å². The lowest BCUT2D eigenvalue weighted by Crippen LogP contribution is -2.30. The summed E-state index contributed by atoms with van der Waals surface area (Å²) in [6.45, 7) is 0.598. The number of carbonyl (C=O) groups is 1. The summed E-state index contributed by atoms with van der Waals surface area (Å²) >= 11 is 0. The predicted octanol–water partition coefficient (Wildman–Crippen LogP) is 1.44. The summed E-state index contributed by atoms with van der Waals surface area (Å²) in [5.41, 5.74) is 8.70. The first-order valence-electron chi connectivity index (χ1n) is 5.59. The molecule has 1 atom stereocenters. The van der Waals surface area contributed by atoms with E-state index in [0.29, 0.717) is 17.1 Å². The van der Waals surface area contributed by atoms with Crippen LogP contribution in [0.5, 0.6) is 11.5 Å². The second kappa shape index (κ2) is 5.94. The molecule has 0 aromatic heterocycles. The van der Waals surface area contributed by atoms with E-state index in [1.54, 1.807) is 18.2 Å². The fourth-order valence-electron chi connectivity index (χ4n) is 1.74. The minimum Gasteiger partial charge on any atom is -0.480 e. The Hall–Kier alpha value is -2.44. The highest BCUT2D eigenvalue weighted by atomic mass is 16.7. The second-order valence-electron chi connectivity index (χ2n) is 3.79. The van der Waals surface area contributed by atoms with Crippen LogP contribution < -0.4 is 14.8 Å². The molecule has 1 unspecified atom stereocenters. The average molecular weight is 264 g/mol. The number of carboxylic acids is 1. The van der Waals surface area contributed by atoms with Crippen molar-refractivity contribution in [1.29, 1.82) is 0 Å². The van der Waals surface area contributed by atoms with Crippen molar-refractivity contribution in [1.82, 2.24) is 5.32 Å². The molecule has 1 aliphatic heterocycles. The van der Waals surface area contributed by atoms with E-state index < -0.39 is 12.0 Å². The van der Waals surface area contributed by atoms with Crippen LogP contribution in [0.2, 0.25) is 0 Å². The molecule has 1 heterocycles. The van der Waals surface area contributed by atoms with Crippen molar-refractivity contribution in [2.75, 3.05) is 19.9 Å². The third-order valence-corrected chi connectivity index (χ3v) is 2.60. The zero-order chi connectivity index (χ0) is 13.7. The van der Waals surface area contributed by atoms with E-state index in [1.807, 2.05) is 0 Å². The molecule has 0 fully saturated rings. The van der Waals surface area contributed by atoms with Crippen molar-refractivity contribution < 1.29 is 19.4 Å². The molecule has 0 spiro atoms. The summed E-state index contributed by atoms with van der Waals surface area (Å²) < 4.78 is 10.4. The highest BCUT2D eigenvalue weighted by molar-refractivity contribution is 5.76. The summed E-state index contributed by atoms with van der Waals surface area (Å²) in [6, 6.07) is 4.07. The van der Waals surface area contributed by atoms with E-state index in [0.717, 1.165) is 0 Å². The standard InChI is InChI=1S/C11H12N4O4/c12-15-14-4-3-13-10(11(16)17)7-1-2-8-9(5-7)19-6-18-8/h1-2,5,10,13H,3-4,6H2,(H,16,17). The molecule has 2 N–H and O–H groups in total. The summed E-state index contributed by atoms with van der Waals surface area (Å²) in [4.78, 5) is 13.8. The predicted molar refractivity (Wildman–Crippen MR) is 65.0 cm³/mol. The van der Waals surface area contributed by atoms with Crippen molar-refractivity contribution in [2.24, 2.45) is 5.11 Å². The van der Waals surface area contributed by atoms with Crippen molar-refractivity contribution in [3.8, 4) is 11.5 Å². The highest BCUT2D eigenvalue weighted by Crippen LogP contribution is 2.34. The monoisotopic (exact) mass is 264 g/mol. The van der Waals surface area contributed by atoms with Gasteiger partial charge in [-0.05, 0) is 23.2 Å². The van der Waals surface area contributed by atoms with Gasteiger partial charge in [0, 0.05) is 18.0 Å². The lowest BCUT2D eigenvalue weighted by Gasteiger charge is -2.14. The van der Waals surface area contributed by atoms with Crippen LogP contribution in [0.15, 0.2) is 23.3 Å². The highest BCUT2D eigenvalue weighted by Gasteiger charge is 2.22. The topological polar surface area (TPSA) is 117 Å². The van der Waals surface area contributed by atoms with Crippen molar-refractivity contribution in [2.45, 2.75) is 6.04 Å². The zero-order valence-corrected chi connectivity index (χ0v) is 9.94. The Morgan fingerprint density at radius 1 is 1.53 bits per heavy atom. The molecular weight excluding hydrogens is 252 g/mol. The molecule has 8 nitrogen and oxygen atoms in total. The number of fused-ring (bicyclic) bond motifs is 1. The molecule has 0 saturated heterocycles. The van der Waals surface area contributed by atoms with Crippen LogP contribution in [-0.2, 0) is 4.79 Å². The quantitative estimate of drug-likeness (QED) is 0.349. The Morgan fingerprint density at radius 3 is 3.05 bits per heavy atom. The van der Waals surface area contributed by atoms with Crippen molar-refractivity contribution in [3.63, 3.8) is 0 Å². The maximum Gasteiger partial charge on any atom is 0.325 e. The summed E-state index contributed by atoms with van der Waals surface area (Å²) in [7, 11) is 0. The van der Waals surface area contributed by atoms with Gasteiger partial charge in [0.2, 0.25) is 6.79 Å². The maximum absolute atomic E-state index is 11.2. The number of rotatable bonds is 6. The van der Waals surface area contributed by atoms with Gasteiger partial charge in [0.15, 0.2) is 11.5 Å². The molecule has 19 heavy (non-hydrogen) atoms. The Bertz CT molecular complexity index is 527. The van der Waals surface area contributed by atoms with E-state index in [9.17, 15) is 9.90 Å². The lowest BCUT2D eigenvalue weighted by atomic mass is 10.1. The van der Waals surface area contributed by atoms with Crippen LogP contribution in [-0.4, -0.2) is 31.0 Å². The third-order valence-electron chi connectivity index (χ3n) is 2.60. The Kier molecular flexibility index (Phi) is 4.07. The van der Waals surface area contributed by atoms with Crippen LogP contribution in [0.3, 0.4) is 0 Å². The second-order valence-corrected chi connectivity index (χ2v) is 3.79. The zero-order valence-electron chi connectivity index (χ0n) is 9.94. The molecular formula is C11H12N4O4. The van der Waals surface area contributed by atoms with Gasteiger partial charge in [-0.15, -0.1) is 0 Å². The SMILES string of the molecule is [N-]=[N+]=NCCNC(C(=O)O)c1ccc2c(c1)OCO2. The summed E-state index contributed by atoms with van der Waals surface area (Å²) in [5, 5.41) is 15.3. The first-order valence-corrected chi connectivity index (χ1v) is 5.59. The number of aliphatic carboxylic acids is 1. The van der Waals surface area contributed by atoms with Gasteiger partial charge in [-0.1, -0.05) is 11.2 Å². The number of hydrogen-bond acceptors (Lipinski definition) is 5. The average Bonchev–Trinajstić information content (AvgIpc) is 2.85. The molecule has 2 rings (SSSR count). The van der Waals surface area contributed by atoms with Gasteiger partial charge >= 0.3 is 5.97 Å². The Balaban J connectivity index is 2.10. The Morgan fingerprint density at radius 2 is 2.32 bits per heavy atom. The van der Waals surface area contributed by atoms with Gasteiger partial charge in [0.1, 0.15) is 6.04 Å². The number of ether oxygens (including phenoxy) is 2. The molecule has 0 amide bonds. The molecule has 1 aliphatic rings. The molecule has 0 radical (unpaired) electrons. The van der Waals surface area contributed by atoms with Gasteiger partial charge < -0.3 is 19.9 Å². The van der Waals surface area contributed by atoms with Crippen LogP contribution in [0, 0.1) is 0 Å². The number of benzene rings is 1. The van der Waals surface area contributed by atoms with Gasteiger partial charge in [-0.25, -0.2) is 0 Å². The molecule has 8 heteroatoms. The Labute approximate surface area is 108 Å². The minimum absolute atomic E-state index is 0.140. The summed E-state index contributed by atoms with van der Waals surface area (Å²) in [6.07, 6.45) is 0. The van der Waals surface area contributed by atoms with Crippen molar-refractivity contribution >= 4 is 5.97 Å². The van der Waals surface area contributed by atoms with E-state index in [-0.39, 0.29) is 19.9 Å².